The summed E-state index contributed by atoms with van der Waals surface area (Å²) in [4.78, 5) is 22.3. The summed E-state index contributed by atoms with van der Waals surface area (Å²) in [7, 11) is 0. The fourth-order valence-corrected chi connectivity index (χ4v) is 1.79. The molecule has 0 aromatic heterocycles. The number of carbonyl (C=O) groups is 2. The maximum Gasteiger partial charge on any atom is 0.337 e. The van der Waals surface area contributed by atoms with Gasteiger partial charge in [0.1, 0.15) is 0 Å². The molecule has 0 amide bonds. The summed E-state index contributed by atoms with van der Waals surface area (Å²) in [5.41, 5.74) is 0.779. The molecule has 0 saturated carbocycles. The van der Waals surface area contributed by atoms with Gasteiger partial charge in [0.25, 0.3) is 0 Å². The van der Waals surface area contributed by atoms with Crippen molar-refractivity contribution in [3.63, 3.8) is 0 Å². The number of aliphatic carboxylic acids is 1. The Labute approximate surface area is 109 Å². The monoisotopic (exact) mass is 274 g/mol. The van der Waals surface area contributed by atoms with Crippen LogP contribution in [0.4, 0.5) is 0 Å². The second kappa shape index (κ2) is 6.05. The molecule has 0 bridgehead atoms. The number of carboxylic acids is 1. The summed E-state index contributed by atoms with van der Waals surface area (Å²) in [6, 6.07) is 4.53. The van der Waals surface area contributed by atoms with Gasteiger partial charge in [-0.1, -0.05) is 6.07 Å². The molecule has 0 aliphatic rings. The first-order valence-electron chi connectivity index (χ1n) is 4.75. The zero-order valence-corrected chi connectivity index (χ0v) is 10.4. The highest BCUT2D eigenvalue weighted by Gasteiger charge is 2.17. The summed E-state index contributed by atoms with van der Waals surface area (Å²) in [6.07, 6.45) is -1.52. The normalized spacial score (nSPS) is 12.2. The predicted octanol–water partition coefficient (Wildman–Crippen LogP) is 1.44. The van der Waals surface area contributed by atoms with Gasteiger partial charge in [0.2, 0.25) is 0 Å². The first-order chi connectivity index (χ1) is 7.93. The molecule has 1 unspecified atom stereocenters. The SMILES string of the molecule is O=C(CCl)Cc1cc(S)cc(C(O)C(=O)O)c1. The van der Waals surface area contributed by atoms with E-state index in [4.69, 9.17) is 16.7 Å². The zero-order valence-electron chi connectivity index (χ0n) is 8.76. The molecule has 0 heterocycles. The molecule has 0 radical (unpaired) electrons. The molecular weight excluding hydrogens is 264 g/mol. The second-order valence-electron chi connectivity index (χ2n) is 3.52. The number of halogens is 1. The summed E-state index contributed by atoms with van der Waals surface area (Å²) in [5.74, 6) is -1.63. The van der Waals surface area contributed by atoms with Crippen molar-refractivity contribution in [3.8, 4) is 0 Å². The summed E-state index contributed by atoms with van der Waals surface area (Å²) in [5, 5.41) is 18.1. The highest BCUT2D eigenvalue weighted by atomic mass is 35.5. The van der Waals surface area contributed by atoms with Crippen LogP contribution >= 0.6 is 24.2 Å². The lowest BCUT2D eigenvalue weighted by Gasteiger charge is -2.09. The van der Waals surface area contributed by atoms with E-state index < -0.39 is 12.1 Å². The van der Waals surface area contributed by atoms with E-state index in [9.17, 15) is 14.7 Å². The number of rotatable bonds is 5. The number of carbonyl (C=O) groups excluding carboxylic acids is 1. The van der Waals surface area contributed by atoms with E-state index in [1.165, 1.54) is 12.1 Å². The molecule has 1 aromatic rings. The number of Topliss-reactive ketones (excluding diaryl/α,β-unsaturated/α-hetero) is 1. The average molecular weight is 275 g/mol. The maximum absolute atomic E-state index is 11.2. The van der Waals surface area contributed by atoms with Crippen molar-refractivity contribution in [3.05, 3.63) is 29.3 Å². The number of hydrogen-bond acceptors (Lipinski definition) is 4. The Balaban J connectivity index is 3.01. The van der Waals surface area contributed by atoms with Gasteiger partial charge in [-0.2, -0.15) is 0 Å². The van der Waals surface area contributed by atoms with Crippen LogP contribution in [0.25, 0.3) is 0 Å². The van der Waals surface area contributed by atoms with E-state index >= 15 is 0 Å². The van der Waals surface area contributed by atoms with Gasteiger partial charge in [0, 0.05) is 11.3 Å². The van der Waals surface area contributed by atoms with Crippen LogP contribution in [0.2, 0.25) is 0 Å². The van der Waals surface area contributed by atoms with Crippen LogP contribution in [0.15, 0.2) is 23.1 Å². The zero-order chi connectivity index (χ0) is 13.0. The van der Waals surface area contributed by atoms with Crippen molar-refractivity contribution in [2.24, 2.45) is 0 Å². The molecule has 92 valence electrons. The molecule has 0 saturated heterocycles. The lowest BCUT2D eigenvalue weighted by molar-refractivity contribution is -0.146. The third kappa shape index (κ3) is 4.03. The lowest BCUT2D eigenvalue weighted by Crippen LogP contribution is -2.11. The topological polar surface area (TPSA) is 74.6 Å². The number of alkyl halides is 1. The first-order valence-corrected chi connectivity index (χ1v) is 5.73. The minimum atomic E-state index is -1.62. The van der Waals surface area contributed by atoms with Gasteiger partial charge in [0.05, 0.1) is 5.88 Å². The standard InChI is InChI=1S/C11H11ClO4S/c12-5-8(13)2-6-1-7(4-9(17)3-6)10(14)11(15)16/h1,3-4,10,14,17H,2,5H2,(H,15,16). The Morgan fingerprint density at radius 3 is 2.53 bits per heavy atom. The Morgan fingerprint density at radius 1 is 1.35 bits per heavy atom. The highest BCUT2D eigenvalue weighted by Crippen LogP contribution is 2.20. The number of ketones is 1. The number of carboxylic acid groups (broad SMARTS) is 1. The molecule has 1 rings (SSSR count). The van der Waals surface area contributed by atoms with Gasteiger partial charge in [-0.25, -0.2) is 4.79 Å². The second-order valence-corrected chi connectivity index (χ2v) is 4.31. The predicted molar refractivity (Wildman–Crippen MR) is 65.7 cm³/mol. The van der Waals surface area contributed by atoms with E-state index in [-0.39, 0.29) is 23.6 Å². The van der Waals surface area contributed by atoms with Crippen LogP contribution < -0.4 is 0 Å². The smallest absolute Gasteiger partial charge is 0.337 e. The number of thiol groups is 1. The van der Waals surface area contributed by atoms with E-state index in [1.54, 1.807) is 6.07 Å². The first kappa shape index (κ1) is 14.0. The lowest BCUT2D eigenvalue weighted by atomic mass is 10.0. The summed E-state index contributed by atoms with van der Waals surface area (Å²) >= 11 is 9.47. The quantitative estimate of drug-likeness (QED) is 0.561. The number of aliphatic hydroxyl groups excluding tert-OH is 1. The molecule has 6 heteroatoms. The van der Waals surface area contributed by atoms with Crippen LogP contribution in [-0.2, 0) is 16.0 Å². The van der Waals surface area contributed by atoms with Crippen LogP contribution in [-0.4, -0.2) is 27.8 Å². The minimum absolute atomic E-state index is 0.0945. The van der Waals surface area contributed by atoms with Gasteiger partial charge in [-0.3, -0.25) is 4.79 Å². The number of aliphatic hydroxyl groups is 1. The molecule has 0 aliphatic carbocycles. The summed E-state index contributed by atoms with van der Waals surface area (Å²) in [6.45, 7) is 0. The molecule has 1 aromatic carbocycles. The van der Waals surface area contributed by atoms with Gasteiger partial charge >= 0.3 is 5.97 Å². The highest BCUT2D eigenvalue weighted by molar-refractivity contribution is 7.80. The Hall–Kier alpha value is -1.04. The van der Waals surface area contributed by atoms with Crippen molar-refractivity contribution in [2.75, 3.05) is 5.88 Å². The third-order valence-corrected chi connectivity index (χ3v) is 2.66. The largest absolute Gasteiger partial charge is 0.479 e. The third-order valence-electron chi connectivity index (χ3n) is 2.10. The molecule has 4 nitrogen and oxygen atoms in total. The summed E-state index contributed by atoms with van der Waals surface area (Å²) < 4.78 is 0. The Bertz CT molecular complexity index is 447. The van der Waals surface area contributed by atoms with Crippen molar-refractivity contribution < 1.29 is 19.8 Å². The number of benzene rings is 1. The van der Waals surface area contributed by atoms with Crippen LogP contribution in [0, 0.1) is 0 Å². The van der Waals surface area contributed by atoms with E-state index in [2.05, 4.69) is 12.6 Å². The van der Waals surface area contributed by atoms with Crippen molar-refractivity contribution in [2.45, 2.75) is 17.4 Å². The average Bonchev–Trinajstić information content (AvgIpc) is 2.26. The van der Waals surface area contributed by atoms with E-state index in [0.717, 1.165) is 0 Å². The van der Waals surface area contributed by atoms with Gasteiger partial charge in [-0.05, 0) is 23.3 Å². The van der Waals surface area contributed by atoms with Gasteiger partial charge in [0.15, 0.2) is 11.9 Å². The minimum Gasteiger partial charge on any atom is -0.479 e. The van der Waals surface area contributed by atoms with Gasteiger partial charge in [-0.15, -0.1) is 24.2 Å². The van der Waals surface area contributed by atoms with Crippen LogP contribution in [0.3, 0.4) is 0 Å². The van der Waals surface area contributed by atoms with E-state index in [1.807, 2.05) is 0 Å². The molecule has 0 spiro atoms. The van der Waals surface area contributed by atoms with Crippen molar-refractivity contribution >= 4 is 36.0 Å². The maximum atomic E-state index is 11.2. The molecule has 1 atom stereocenters. The fraction of sp³-hybridized carbons (Fsp3) is 0.273. The van der Waals surface area contributed by atoms with Crippen LogP contribution in [0.1, 0.15) is 17.2 Å². The molecule has 0 aliphatic heterocycles. The van der Waals surface area contributed by atoms with Crippen molar-refractivity contribution in [1.29, 1.82) is 0 Å². The molecule has 0 fully saturated rings. The molecule has 2 N–H and O–H groups in total. The van der Waals surface area contributed by atoms with E-state index in [0.29, 0.717) is 10.5 Å². The molecular formula is C11H11ClO4S. The van der Waals surface area contributed by atoms with Crippen LogP contribution in [0.5, 0.6) is 0 Å². The van der Waals surface area contributed by atoms with Crippen molar-refractivity contribution in [1.82, 2.24) is 0 Å². The Kier molecular flexibility index (Phi) is 4.99. The number of hydrogen-bond donors (Lipinski definition) is 3. The fourth-order valence-electron chi connectivity index (χ4n) is 1.38. The Morgan fingerprint density at radius 2 is 2.00 bits per heavy atom. The molecule has 17 heavy (non-hydrogen) atoms. The van der Waals surface area contributed by atoms with Gasteiger partial charge < -0.3 is 10.2 Å².